The molecule has 0 bridgehead atoms. The molecule has 8 aromatic heterocycles. The third-order valence-electron chi connectivity index (χ3n) is 19.5. The van der Waals surface area contributed by atoms with Crippen LogP contribution in [0.15, 0.2) is 243 Å². The summed E-state index contributed by atoms with van der Waals surface area (Å²) >= 11 is 60.8. The highest BCUT2D eigenvalue weighted by Gasteiger charge is 2.28. The highest BCUT2D eigenvalue weighted by atomic mass is 35.5. The van der Waals surface area contributed by atoms with Crippen LogP contribution in [0.5, 0.6) is 0 Å². The van der Waals surface area contributed by atoms with Crippen LogP contribution in [0.4, 0.5) is 20.4 Å². The number of aromatic amines is 4. The first-order valence-electron chi connectivity index (χ1n) is 38.2. The van der Waals surface area contributed by atoms with Gasteiger partial charge in [-0.2, -0.15) is 0 Å². The lowest BCUT2D eigenvalue weighted by molar-refractivity contribution is 0.0904. The molecule has 0 spiro atoms. The number of hydrogen-bond acceptors (Lipinski definition) is 18. The predicted molar refractivity (Wildman–Crippen MR) is 491 cm³/mol. The molecule has 26 nitrogen and oxygen atoms in total. The van der Waals surface area contributed by atoms with E-state index in [2.05, 4.69) is 67.1 Å². The third kappa shape index (κ3) is 22.8. The molecule has 0 fully saturated rings. The van der Waals surface area contributed by atoms with Gasteiger partial charge in [0.15, 0.2) is 34.7 Å². The lowest BCUT2D eigenvalue weighted by Crippen LogP contribution is -2.31. The summed E-state index contributed by atoms with van der Waals surface area (Å²) in [6.07, 6.45) is 9.56. The number of nitrogens with one attached hydrogen (secondary N) is 9. The van der Waals surface area contributed by atoms with Gasteiger partial charge >= 0.3 is 0 Å². The van der Waals surface area contributed by atoms with Crippen LogP contribution >= 0.6 is 116 Å². The number of H-pyrrole nitrogens is 4. The number of amides is 4. The smallest absolute Gasteiger partial charge is 0.268 e. The minimum Gasteiger partial charge on any atom is -0.394 e. The van der Waals surface area contributed by atoms with E-state index in [0.29, 0.717) is 158 Å². The van der Waals surface area contributed by atoms with Crippen molar-refractivity contribution < 1.29 is 66.5 Å². The number of nitrogens with two attached hydrogens (primary N) is 1. The van der Waals surface area contributed by atoms with Crippen LogP contribution in [0.2, 0.25) is 50.2 Å². The average molecular weight is 1930 g/mol. The van der Waals surface area contributed by atoms with Crippen LogP contribution in [-0.4, -0.2) is 118 Å². The topological polar surface area (TPSA) is 403 Å². The van der Waals surface area contributed by atoms with Gasteiger partial charge in [0.05, 0.1) is 79.1 Å². The Hall–Kier alpha value is -12.2. The van der Waals surface area contributed by atoms with Crippen LogP contribution in [0.1, 0.15) is 93.9 Å². The van der Waals surface area contributed by atoms with Crippen molar-refractivity contribution >= 4 is 151 Å². The molecule has 0 saturated heterocycles. The Morgan fingerprint density at radius 1 is 0.375 bits per heavy atom. The van der Waals surface area contributed by atoms with E-state index < -0.39 is 54.3 Å². The van der Waals surface area contributed by atoms with Gasteiger partial charge in [-0.05, 0) is 184 Å². The second-order valence-electron chi connectivity index (χ2n) is 28.2. The molecule has 38 heteroatoms. The Balaban J connectivity index is 0.000000146. The number of aliphatic hydroxyl groups is 4. The van der Waals surface area contributed by atoms with Crippen molar-refractivity contribution in [2.24, 2.45) is 0 Å². The number of aliphatic hydroxyl groups excluding tert-OH is 4. The number of nitrogen functional groups attached to an aromatic ring is 1. The maximum Gasteiger partial charge on any atom is 0.268 e. The van der Waals surface area contributed by atoms with E-state index in [1.165, 1.54) is 36.5 Å². The number of carbonyl (C=O) groups excluding carboxylic acids is 4. The highest BCUT2D eigenvalue weighted by molar-refractivity contribution is 6.37. The number of rotatable bonds is 25. The molecule has 16 aromatic rings. The van der Waals surface area contributed by atoms with Crippen molar-refractivity contribution in [2.75, 3.05) is 44.5 Å². The van der Waals surface area contributed by atoms with E-state index >= 15 is 0 Å². The number of carbonyl (C=O) groups is 4. The SMILES string of the molecule is CNc1noc(-c2c[nH]c(C(=O)NC(CO)c3ccc(F)c(C)c3)c2)c1-c1cc(Cl)cc(Cl)c1.Nc1noc(-c2c[nH]c(C(=O)NC(CO)c3cc(Cl)cc(Cl)c3)c2)c1-c1cccc(Cl)c1.O=C(N[C@@H](CO)c1ccc(F)c(Cl)c1)c1cc(-c2oncc2-c2cc(Cl)cc(Cl)c2)c[nH]1.O=C(N[C@@H](CO)c1ccccc1)c1cc(-c2oncc2-c2cc(Cl)cc(Cl)c2)c[nH]1. The molecule has 8 aromatic carbocycles. The quantitative estimate of drug-likeness (QED) is 0.0253. The van der Waals surface area contributed by atoms with Gasteiger partial charge in [-0.3, -0.25) is 19.2 Å². The molecule has 0 aliphatic carbocycles. The zero-order chi connectivity index (χ0) is 91.1. The minimum atomic E-state index is -0.776. The zero-order valence-electron chi connectivity index (χ0n) is 66.5. The molecule has 656 valence electrons. The molecule has 2 unspecified atom stereocenters. The van der Waals surface area contributed by atoms with Crippen LogP contribution in [-0.2, 0) is 0 Å². The number of aryl methyl sites for hydroxylation is 1. The van der Waals surface area contributed by atoms with Crippen molar-refractivity contribution in [1.82, 2.24) is 61.8 Å². The molecule has 128 heavy (non-hydrogen) atoms. The lowest BCUT2D eigenvalue weighted by atomic mass is 10.0. The minimum absolute atomic E-state index is 0.101. The first-order chi connectivity index (χ1) is 61.5. The fourth-order valence-electron chi connectivity index (χ4n) is 13.4. The monoisotopic (exact) mass is 1930 g/mol. The van der Waals surface area contributed by atoms with Gasteiger partial charge in [-0.1, -0.05) is 197 Å². The molecule has 4 amide bonds. The number of benzene rings is 8. The van der Waals surface area contributed by atoms with E-state index in [1.807, 2.05) is 36.4 Å². The lowest BCUT2D eigenvalue weighted by Gasteiger charge is -2.17. The number of hydrogen-bond donors (Lipinski definition) is 14. The summed E-state index contributed by atoms with van der Waals surface area (Å²) in [7, 11) is 1.71. The van der Waals surface area contributed by atoms with Gasteiger partial charge in [-0.15, -0.1) is 0 Å². The van der Waals surface area contributed by atoms with E-state index in [4.69, 9.17) is 140 Å². The molecule has 8 heterocycles. The second kappa shape index (κ2) is 42.6. The molecule has 0 aliphatic heterocycles. The average Bonchev–Trinajstić information content (AvgIpc) is 1.67. The van der Waals surface area contributed by atoms with Crippen LogP contribution in [0.3, 0.4) is 0 Å². The van der Waals surface area contributed by atoms with Crippen LogP contribution in [0.25, 0.3) is 89.8 Å². The van der Waals surface area contributed by atoms with Gasteiger partial charge in [0.25, 0.3) is 23.6 Å². The number of anilines is 2. The molecule has 0 saturated carbocycles. The Kier molecular flexibility index (Phi) is 31.1. The molecular formula is C90H70Cl10F2N14O12. The zero-order valence-corrected chi connectivity index (χ0v) is 74.0. The number of aromatic nitrogens is 8. The Morgan fingerprint density at radius 3 is 1.16 bits per heavy atom. The molecule has 16 rings (SSSR count). The van der Waals surface area contributed by atoms with Gasteiger partial charge in [-0.25, -0.2) is 8.78 Å². The van der Waals surface area contributed by atoms with Gasteiger partial charge in [0.2, 0.25) is 0 Å². The maximum absolute atomic E-state index is 13.6. The molecule has 0 aliphatic rings. The summed E-state index contributed by atoms with van der Waals surface area (Å²) in [5.41, 5.74) is 17.7. The first kappa shape index (κ1) is 93.4. The van der Waals surface area contributed by atoms with Gasteiger partial charge in [0.1, 0.15) is 34.4 Å². The molecule has 15 N–H and O–H groups in total. The fourth-order valence-corrected chi connectivity index (χ4v) is 15.9. The second-order valence-corrected chi connectivity index (χ2v) is 32.6. The largest absolute Gasteiger partial charge is 0.394 e. The number of nitrogens with zero attached hydrogens (tertiary/aromatic N) is 4. The van der Waals surface area contributed by atoms with E-state index in [9.17, 15) is 48.4 Å². The summed E-state index contributed by atoms with van der Waals surface area (Å²) in [5.74, 6) is -0.295. The summed E-state index contributed by atoms with van der Waals surface area (Å²) in [5, 5.41) is 72.6. The first-order valence-corrected chi connectivity index (χ1v) is 42.0. The number of halogens is 12. The Labute approximate surface area is 776 Å². The van der Waals surface area contributed by atoms with Crippen molar-refractivity contribution in [1.29, 1.82) is 0 Å². The summed E-state index contributed by atoms with van der Waals surface area (Å²) < 4.78 is 48.8. The standard InChI is InChI=1S/C24H21Cl2FN4O3.C22H15Cl3FN3O3.C22H17Cl3N4O3.C22H17Cl2N3O3/c1-12-5-13(3-4-18(12)27)20(11-32)30-24(33)19-8-15(10-29-19)22-21(23(28-2)31-34-22)14-6-16(25)9-17(26)7-14;23-14-3-12(4-15(24)7-14)16-9-28-32-21(16)13-6-19(27-8-13)22(31)29-20(10-30)11-1-2-18(26)17(25)5-11;23-14-3-1-2-11(4-14)19-20(32-29-21(19)26)13-7-17(27-9-13)22(31)28-18(10-30)12-5-15(24)8-16(25)6-12;23-16-6-14(7-17(24)9-16)18-11-26-30-21(18)15-8-19(25-10-15)22(29)27-20(12-28)13-4-2-1-3-5-13/h3-10,20,29,32H,11H2,1-2H3,(H,28,31)(H,30,33);1-9,20,27,30H,10H2,(H,29,31);1-9,18,27,30H,10H2,(H2,26,29)(H,28,31);1-11,20,25,28H,12H2,(H,27,29)/t;20-;;20-/m.0.0/s1. The fraction of sp³-hybridized carbons (Fsp3) is 0.111. The van der Waals surface area contributed by atoms with Crippen molar-refractivity contribution in [2.45, 2.75) is 31.1 Å². The van der Waals surface area contributed by atoms with E-state index in [-0.39, 0.29) is 59.5 Å². The Morgan fingerprint density at radius 2 is 0.750 bits per heavy atom. The normalized spacial score (nSPS) is 12.0. The van der Waals surface area contributed by atoms with Crippen LogP contribution < -0.4 is 32.3 Å². The Bertz CT molecular complexity index is 6590. The van der Waals surface area contributed by atoms with Crippen molar-refractivity contribution in [3.05, 3.63) is 338 Å². The third-order valence-corrected chi connectivity index (χ3v) is 21.8. The van der Waals surface area contributed by atoms with E-state index in [0.717, 1.165) is 16.7 Å². The predicted octanol–water partition coefficient (Wildman–Crippen LogP) is 21.9. The van der Waals surface area contributed by atoms with Crippen molar-refractivity contribution in [3.63, 3.8) is 0 Å². The maximum atomic E-state index is 13.6. The van der Waals surface area contributed by atoms with Gasteiger partial charge < -0.3 is 90.8 Å². The van der Waals surface area contributed by atoms with Crippen molar-refractivity contribution in [3.8, 4) is 89.8 Å². The molecule has 0 radical (unpaired) electrons. The van der Waals surface area contributed by atoms with Crippen LogP contribution in [0, 0.1) is 18.6 Å². The van der Waals surface area contributed by atoms with E-state index in [1.54, 1.807) is 166 Å². The summed E-state index contributed by atoms with van der Waals surface area (Å²) in [6, 6.07) is 48.7. The molecular weight excluding hydrogens is 1860 g/mol. The highest BCUT2D eigenvalue weighted by Crippen LogP contribution is 2.43. The summed E-state index contributed by atoms with van der Waals surface area (Å²) in [6.45, 7) is 0.313. The molecule has 4 atom stereocenters. The summed E-state index contributed by atoms with van der Waals surface area (Å²) in [4.78, 5) is 62.7. The van der Waals surface area contributed by atoms with Gasteiger partial charge in [0, 0.05) is 110 Å².